The number of carbonyl (C=O) groups excluding carboxylic acids is 2. The van der Waals surface area contributed by atoms with Crippen LogP contribution in [0.2, 0.25) is 0 Å². The molecule has 6 heteroatoms. The van der Waals surface area contributed by atoms with Gasteiger partial charge in [0.25, 0.3) is 0 Å². The van der Waals surface area contributed by atoms with Gasteiger partial charge in [0.15, 0.2) is 16.8 Å². The van der Waals surface area contributed by atoms with E-state index in [4.69, 9.17) is 11.5 Å². The number of anilines is 1. The van der Waals surface area contributed by atoms with Crippen molar-refractivity contribution in [2.75, 3.05) is 5.73 Å². The van der Waals surface area contributed by atoms with Crippen LogP contribution in [-0.2, 0) is 9.59 Å². The molecule has 0 fully saturated rings. The minimum Gasteiger partial charge on any atom is -0.375 e. The van der Waals surface area contributed by atoms with Crippen LogP contribution in [0.5, 0.6) is 0 Å². The molecule has 1 heterocycles. The van der Waals surface area contributed by atoms with Gasteiger partial charge in [0, 0.05) is 5.38 Å². The molecule has 0 saturated heterocycles. The Labute approximate surface area is 78.8 Å². The van der Waals surface area contributed by atoms with Gasteiger partial charge < -0.3 is 11.5 Å². The Balaban J connectivity index is 3.02. The molecule has 13 heavy (non-hydrogen) atoms. The smallest absolute Gasteiger partial charge is 0.239 e. The fraction of sp³-hybridized carbons (Fsp3) is 0.143. The number of thiazole rings is 1. The Morgan fingerprint density at radius 2 is 2.15 bits per heavy atom. The Morgan fingerprint density at radius 1 is 1.54 bits per heavy atom. The zero-order valence-corrected chi connectivity index (χ0v) is 7.72. The number of Topliss-reactive ketones (excluding diaryl/α,β-unsaturated/α-hetero) is 1. The molecule has 1 rings (SSSR count). The third-order valence-corrected chi connectivity index (χ3v) is 2.05. The largest absolute Gasteiger partial charge is 0.375 e. The number of hydrogen-bond donors (Lipinski definition) is 2. The van der Waals surface area contributed by atoms with Crippen molar-refractivity contribution in [2.45, 2.75) is 6.92 Å². The van der Waals surface area contributed by atoms with Gasteiger partial charge in [0.05, 0.1) is 5.69 Å². The number of hydrogen-bond acceptors (Lipinski definition) is 5. The number of nitrogens with zero attached hydrogens (tertiary/aromatic N) is 1. The summed E-state index contributed by atoms with van der Waals surface area (Å²) in [4.78, 5) is 25.6. The Bertz CT molecular complexity index is 333. The van der Waals surface area contributed by atoms with E-state index in [1.165, 1.54) is 12.3 Å². The van der Waals surface area contributed by atoms with E-state index in [1.54, 1.807) is 0 Å². The van der Waals surface area contributed by atoms with Crippen molar-refractivity contribution in [3.8, 4) is 0 Å². The molecule has 4 N–H and O–H groups in total. The van der Waals surface area contributed by atoms with Crippen LogP contribution in [0.3, 0.4) is 0 Å². The zero-order valence-electron chi connectivity index (χ0n) is 6.90. The van der Waals surface area contributed by atoms with Gasteiger partial charge in [-0.15, -0.1) is 11.3 Å². The van der Waals surface area contributed by atoms with Crippen LogP contribution in [-0.4, -0.2) is 16.7 Å². The van der Waals surface area contributed by atoms with Gasteiger partial charge in [-0.05, 0) is 6.92 Å². The number of carbonyl (C=O) groups is 2. The van der Waals surface area contributed by atoms with Gasteiger partial charge >= 0.3 is 0 Å². The number of rotatable bonds is 3. The van der Waals surface area contributed by atoms with Crippen LogP contribution in [0.4, 0.5) is 5.13 Å². The molecule has 0 unspecified atom stereocenters. The van der Waals surface area contributed by atoms with Crippen LogP contribution in [0.25, 0.3) is 0 Å². The molecule has 1 aromatic heterocycles. The lowest BCUT2D eigenvalue weighted by molar-refractivity contribution is -0.122. The number of nitrogen functional groups attached to an aromatic ring is 1. The van der Waals surface area contributed by atoms with Crippen molar-refractivity contribution in [1.29, 1.82) is 0 Å². The second-order valence-corrected chi connectivity index (χ2v) is 3.26. The van der Waals surface area contributed by atoms with Crippen molar-refractivity contribution < 1.29 is 9.59 Å². The van der Waals surface area contributed by atoms with Gasteiger partial charge in [-0.1, -0.05) is 0 Å². The van der Waals surface area contributed by atoms with Crippen LogP contribution >= 0.6 is 11.3 Å². The fourth-order valence-electron chi connectivity index (χ4n) is 0.883. The van der Waals surface area contributed by atoms with E-state index in [1.807, 2.05) is 0 Å². The molecule has 1 amide bonds. The summed E-state index contributed by atoms with van der Waals surface area (Å²) in [6, 6.07) is 0. The summed E-state index contributed by atoms with van der Waals surface area (Å²) >= 11 is 1.15. The number of nitrogens with two attached hydrogens (primary N) is 2. The molecule has 0 saturated carbocycles. The van der Waals surface area contributed by atoms with Gasteiger partial charge in [-0.3, -0.25) is 9.59 Å². The summed E-state index contributed by atoms with van der Waals surface area (Å²) in [5.41, 5.74) is 10.6. The summed E-state index contributed by atoms with van der Waals surface area (Å²) in [7, 11) is 0. The lowest BCUT2D eigenvalue weighted by Crippen LogP contribution is -2.27. The summed E-state index contributed by atoms with van der Waals surface area (Å²) in [5, 5.41) is 1.83. The lowest BCUT2D eigenvalue weighted by atomic mass is 10.0. The highest BCUT2D eigenvalue weighted by Crippen LogP contribution is 2.19. The highest BCUT2D eigenvalue weighted by molar-refractivity contribution is 7.13. The van der Waals surface area contributed by atoms with E-state index in [-0.39, 0.29) is 11.6 Å². The SMILES string of the molecule is CC(=O)[C](C(N)=O)c1csc(N)n1. The standard InChI is InChI=1S/C7H8N3O2S/c1-3(11)5(6(8)12)4-2-13-7(9)10-4/h2H,1H3,(H2,8,12)(H2,9,10). The number of aromatic nitrogens is 1. The molecule has 0 aliphatic carbocycles. The van der Waals surface area contributed by atoms with Crippen LogP contribution in [0.1, 0.15) is 12.6 Å². The van der Waals surface area contributed by atoms with E-state index in [9.17, 15) is 9.59 Å². The first kappa shape index (κ1) is 9.66. The van der Waals surface area contributed by atoms with Crippen molar-refractivity contribution in [3.63, 3.8) is 0 Å². The van der Waals surface area contributed by atoms with E-state index in [2.05, 4.69) is 4.98 Å². The maximum Gasteiger partial charge on any atom is 0.239 e. The quantitative estimate of drug-likeness (QED) is 0.652. The molecular formula is C7H8N3O2S. The molecule has 1 radical (unpaired) electrons. The second kappa shape index (κ2) is 3.53. The van der Waals surface area contributed by atoms with E-state index in [0.29, 0.717) is 5.13 Å². The van der Waals surface area contributed by atoms with Gasteiger partial charge in [0.1, 0.15) is 0 Å². The average Bonchev–Trinajstić information content (AvgIpc) is 2.34. The summed E-state index contributed by atoms with van der Waals surface area (Å²) in [6.07, 6.45) is 0. The first-order chi connectivity index (χ1) is 6.02. The third-order valence-electron chi connectivity index (χ3n) is 1.38. The fourth-order valence-corrected chi connectivity index (χ4v) is 1.44. The molecule has 1 aromatic rings. The van der Waals surface area contributed by atoms with E-state index in [0.717, 1.165) is 11.3 Å². The first-order valence-corrected chi connectivity index (χ1v) is 4.29. The maximum atomic E-state index is 11.0. The zero-order chi connectivity index (χ0) is 10.0. The number of amides is 1. The summed E-state index contributed by atoms with van der Waals surface area (Å²) in [5.74, 6) is -1.29. The predicted octanol–water partition coefficient (Wildman–Crippen LogP) is -0.278. The monoisotopic (exact) mass is 198 g/mol. The van der Waals surface area contributed by atoms with Crippen LogP contribution < -0.4 is 11.5 Å². The van der Waals surface area contributed by atoms with E-state index >= 15 is 0 Å². The Kier molecular flexibility index (Phi) is 2.62. The van der Waals surface area contributed by atoms with Crippen molar-refractivity contribution in [1.82, 2.24) is 4.98 Å². The van der Waals surface area contributed by atoms with Gasteiger partial charge in [0.2, 0.25) is 5.91 Å². The molecule has 0 aliphatic heterocycles. The van der Waals surface area contributed by atoms with Crippen molar-refractivity contribution >= 4 is 28.2 Å². The van der Waals surface area contributed by atoms with Crippen LogP contribution in [0, 0.1) is 5.92 Å². The van der Waals surface area contributed by atoms with Crippen molar-refractivity contribution in [2.24, 2.45) is 5.73 Å². The minimum atomic E-state index is -0.780. The minimum absolute atomic E-state index is 0.104. The maximum absolute atomic E-state index is 11.0. The van der Waals surface area contributed by atoms with Crippen LogP contribution in [0.15, 0.2) is 5.38 Å². The first-order valence-electron chi connectivity index (χ1n) is 3.41. The topological polar surface area (TPSA) is 99.1 Å². The molecule has 0 aliphatic rings. The van der Waals surface area contributed by atoms with Gasteiger partial charge in [-0.25, -0.2) is 4.98 Å². The molecule has 0 spiro atoms. The third kappa shape index (κ3) is 2.03. The normalized spacial score (nSPS) is 10.3. The van der Waals surface area contributed by atoms with E-state index < -0.39 is 11.7 Å². The molecular weight excluding hydrogens is 190 g/mol. The average molecular weight is 198 g/mol. The highest BCUT2D eigenvalue weighted by atomic mass is 32.1. The number of primary amides is 1. The molecule has 69 valence electrons. The number of ketones is 1. The van der Waals surface area contributed by atoms with Crippen molar-refractivity contribution in [3.05, 3.63) is 17.0 Å². The Hall–Kier alpha value is -1.43. The summed E-state index contributed by atoms with van der Waals surface area (Å²) < 4.78 is 0. The molecule has 0 bridgehead atoms. The second-order valence-electron chi connectivity index (χ2n) is 2.37. The Morgan fingerprint density at radius 3 is 2.46 bits per heavy atom. The highest BCUT2D eigenvalue weighted by Gasteiger charge is 2.26. The van der Waals surface area contributed by atoms with Gasteiger partial charge in [-0.2, -0.15) is 0 Å². The molecule has 0 aromatic carbocycles. The summed E-state index contributed by atoms with van der Waals surface area (Å²) in [6.45, 7) is 1.26. The molecule has 0 atom stereocenters. The lowest BCUT2D eigenvalue weighted by Gasteiger charge is -2.03. The molecule has 5 nitrogen and oxygen atoms in total. The predicted molar refractivity (Wildman–Crippen MR) is 48.7 cm³/mol.